The summed E-state index contributed by atoms with van der Waals surface area (Å²) in [4.78, 5) is 37.9. The number of carbonyl (C=O) groups is 2. The fraction of sp³-hybridized carbons (Fsp3) is 0.200. The van der Waals surface area contributed by atoms with E-state index in [2.05, 4.69) is 42.5 Å². The van der Waals surface area contributed by atoms with Crippen LogP contribution >= 0.6 is 0 Å². The van der Waals surface area contributed by atoms with Gasteiger partial charge >= 0.3 is 0 Å². The summed E-state index contributed by atoms with van der Waals surface area (Å²) in [5.41, 5.74) is 4.84. The largest absolute Gasteiger partial charge is 0.436 e. The molecule has 10 heteroatoms. The fourth-order valence-electron chi connectivity index (χ4n) is 5.02. The van der Waals surface area contributed by atoms with E-state index in [1.165, 1.54) is 6.92 Å². The zero-order valence-electron chi connectivity index (χ0n) is 21.9. The van der Waals surface area contributed by atoms with Crippen molar-refractivity contribution in [2.24, 2.45) is 0 Å². The lowest BCUT2D eigenvalue weighted by Crippen LogP contribution is -2.50. The van der Waals surface area contributed by atoms with Crippen molar-refractivity contribution in [3.8, 4) is 11.5 Å². The maximum Gasteiger partial charge on any atom is 0.272 e. The molecule has 1 N–H and O–H groups in total. The van der Waals surface area contributed by atoms with Crippen LogP contribution < -0.4 is 5.32 Å². The summed E-state index contributed by atoms with van der Waals surface area (Å²) in [6, 6.07) is 22.8. The molecule has 1 aliphatic rings. The van der Waals surface area contributed by atoms with Gasteiger partial charge in [0.25, 0.3) is 5.91 Å². The molecule has 2 amide bonds. The Balaban J connectivity index is 1.18. The highest BCUT2D eigenvalue weighted by Gasteiger charge is 2.30. The van der Waals surface area contributed by atoms with Gasteiger partial charge in [-0.05, 0) is 48.0 Å². The maximum absolute atomic E-state index is 13.5. The van der Waals surface area contributed by atoms with Crippen molar-refractivity contribution in [2.75, 3.05) is 31.5 Å². The number of nitrogens with zero attached hydrogens (tertiary/aromatic N) is 6. The molecule has 5 aromatic rings. The molecular formula is C30H27N7O3. The first kappa shape index (κ1) is 25.3. The third-order valence-electron chi connectivity index (χ3n) is 6.89. The summed E-state index contributed by atoms with van der Waals surface area (Å²) in [6.45, 7) is 3.94. The average Bonchev–Trinajstić information content (AvgIpc) is 3.42. The number of carbonyl (C=O) groups excluding carboxylic acids is 2. The van der Waals surface area contributed by atoms with Crippen molar-refractivity contribution in [2.45, 2.75) is 13.0 Å². The molecule has 40 heavy (non-hydrogen) atoms. The third kappa shape index (κ3) is 5.29. The minimum Gasteiger partial charge on any atom is -0.436 e. The molecule has 3 aromatic heterocycles. The quantitative estimate of drug-likeness (QED) is 0.345. The van der Waals surface area contributed by atoms with Gasteiger partial charge in [-0.2, -0.15) is 10.2 Å². The second-order valence-corrected chi connectivity index (χ2v) is 9.60. The number of piperazine rings is 1. The monoisotopic (exact) mass is 533 g/mol. The number of oxazole rings is 1. The molecule has 1 saturated heterocycles. The van der Waals surface area contributed by atoms with Gasteiger partial charge in [0.1, 0.15) is 11.2 Å². The van der Waals surface area contributed by atoms with E-state index >= 15 is 0 Å². The number of anilines is 1. The van der Waals surface area contributed by atoms with Crippen LogP contribution in [0.25, 0.3) is 22.6 Å². The summed E-state index contributed by atoms with van der Waals surface area (Å²) in [6.07, 6.45) is 3.27. The lowest BCUT2D eigenvalue weighted by atomic mass is 10.0. The Kier molecular flexibility index (Phi) is 6.98. The molecule has 6 rings (SSSR count). The van der Waals surface area contributed by atoms with Gasteiger partial charge in [0.05, 0.1) is 11.7 Å². The van der Waals surface area contributed by atoms with Crippen molar-refractivity contribution in [3.63, 3.8) is 0 Å². The summed E-state index contributed by atoms with van der Waals surface area (Å²) >= 11 is 0. The third-order valence-corrected chi connectivity index (χ3v) is 6.89. The highest BCUT2D eigenvalue weighted by molar-refractivity contribution is 5.94. The predicted molar refractivity (Wildman–Crippen MR) is 149 cm³/mol. The number of hydrogen-bond acceptors (Lipinski definition) is 8. The van der Waals surface area contributed by atoms with Crippen LogP contribution in [0.3, 0.4) is 0 Å². The van der Waals surface area contributed by atoms with Gasteiger partial charge in [-0.1, -0.05) is 30.3 Å². The topological polar surface area (TPSA) is 117 Å². The van der Waals surface area contributed by atoms with Crippen molar-refractivity contribution in [1.82, 2.24) is 30.0 Å². The number of fused-ring (bicyclic) bond motifs is 1. The first-order chi connectivity index (χ1) is 19.5. The molecule has 0 aliphatic carbocycles. The van der Waals surface area contributed by atoms with E-state index < -0.39 is 0 Å². The molecule has 1 aliphatic heterocycles. The lowest BCUT2D eigenvalue weighted by molar-refractivity contribution is -0.114. The number of aromatic nitrogens is 4. The number of amides is 2. The normalized spacial score (nSPS) is 14.7. The van der Waals surface area contributed by atoms with Gasteiger partial charge in [0.2, 0.25) is 11.8 Å². The van der Waals surface area contributed by atoms with Crippen LogP contribution in [0.4, 0.5) is 5.69 Å². The zero-order valence-corrected chi connectivity index (χ0v) is 21.9. The minimum atomic E-state index is -0.162. The van der Waals surface area contributed by atoms with E-state index in [1.807, 2.05) is 35.2 Å². The van der Waals surface area contributed by atoms with Crippen LogP contribution in [0, 0.1) is 0 Å². The van der Waals surface area contributed by atoms with Crippen molar-refractivity contribution < 1.29 is 14.0 Å². The SMILES string of the molecule is CC(=O)Nc1ccc2oc(-c3ccnc(C(=O)N4CCN(C(c5ccccc5)c5cccnn5)CC4)c3)nc2c1. The molecule has 0 saturated carbocycles. The highest BCUT2D eigenvalue weighted by atomic mass is 16.3. The van der Waals surface area contributed by atoms with Gasteiger partial charge in [0, 0.05) is 56.7 Å². The van der Waals surface area contributed by atoms with Crippen LogP contribution in [0.2, 0.25) is 0 Å². The molecule has 200 valence electrons. The number of rotatable bonds is 6. The van der Waals surface area contributed by atoms with E-state index in [1.54, 1.807) is 42.7 Å². The Morgan fingerprint density at radius 2 is 1.75 bits per heavy atom. The van der Waals surface area contributed by atoms with Crippen LogP contribution in [0.5, 0.6) is 0 Å². The van der Waals surface area contributed by atoms with Crippen molar-refractivity contribution in [3.05, 3.63) is 102 Å². The molecule has 1 atom stereocenters. The first-order valence-corrected chi connectivity index (χ1v) is 13.1. The predicted octanol–water partition coefficient (Wildman–Crippen LogP) is 4.19. The molecule has 10 nitrogen and oxygen atoms in total. The molecule has 0 bridgehead atoms. The van der Waals surface area contributed by atoms with Crippen LogP contribution in [0.1, 0.15) is 34.7 Å². The van der Waals surface area contributed by atoms with E-state index in [9.17, 15) is 9.59 Å². The molecule has 1 unspecified atom stereocenters. The minimum absolute atomic E-state index is 0.0427. The van der Waals surface area contributed by atoms with Gasteiger partial charge in [-0.3, -0.25) is 19.5 Å². The van der Waals surface area contributed by atoms with Gasteiger partial charge in [-0.25, -0.2) is 4.98 Å². The van der Waals surface area contributed by atoms with E-state index in [-0.39, 0.29) is 17.9 Å². The summed E-state index contributed by atoms with van der Waals surface area (Å²) < 4.78 is 5.92. The molecular weight excluding hydrogens is 506 g/mol. The number of pyridine rings is 1. The Labute approximate surface area is 230 Å². The Morgan fingerprint density at radius 3 is 2.50 bits per heavy atom. The zero-order chi connectivity index (χ0) is 27.5. The van der Waals surface area contributed by atoms with E-state index in [4.69, 9.17) is 4.42 Å². The summed E-state index contributed by atoms with van der Waals surface area (Å²) in [5, 5.41) is 11.2. The number of nitrogens with one attached hydrogen (secondary N) is 1. The molecule has 0 spiro atoms. The molecule has 0 radical (unpaired) electrons. The first-order valence-electron chi connectivity index (χ1n) is 13.1. The van der Waals surface area contributed by atoms with Crippen molar-refractivity contribution in [1.29, 1.82) is 0 Å². The summed E-state index contributed by atoms with van der Waals surface area (Å²) in [7, 11) is 0. The van der Waals surface area contributed by atoms with Crippen LogP contribution in [-0.2, 0) is 4.79 Å². The lowest BCUT2D eigenvalue weighted by Gasteiger charge is -2.39. The Morgan fingerprint density at radius 1 is 0.925 bits per heavy atom. The fourth-order valence-corrected chi connectivity index (χ4v) is 5.02. The number of benzene rings is 2. The maximum atomic E-state index is 13.5. The number of hydrogen-bond donors (Lipinski definition) is 1. The average molecular weight is 534 g/mol. The summed E-state index contributed by atoms with van der Waals surface area (Å²) in [5.74, 6) is 0.0813. The van der Waals surface area contributed by atoms with Crippen molar-refractivity contribution >= 4 is 28.6 Å². The van der Waals surface area contributed by atoms with Gasteiger partial charge in [-0.15, -0.1) is 0 Å². The molecule has 1 fully saturated rings. The smallest absolute Gasteiger partial charge is 0.272 e. The molecule has 2 aromatic carbocycles. The molecule has 4 heterocycles. The second kappa shape index (κ2) is 11.0. The van der Waals surface area contributed by atoms with E-state index in [0.29, 0.717) is 60.1 Å². The Hall–Kier alpha value is -4.96. The van der Waals surface area contributed by atoms with Crippen LogP contribution in [0.15, 0.2) is 89.6 Å². The van der Waals surface area contributed by atoms with Crippen LogP contribution in [-0.4, -0.2) is 68.0 Å². The highest BCUT2D eigenvalue weighted by Crippen LogP contribution is 2.29. The second-order valence-electron chi connectivity index (χ2n) is 9.60. The van der Waals surface area contributed by atoms with Gasteiger partial charge in [0.15, 0.2) is 5.58 Å². The van der Waals surface area contributed by atoms with Gasteiger partial charge < -0.3 is 14.6 Å². The standard InChI is InChI=1S/C30H27N7O3/c1-20(38)33-23-9-10-27-25(19-23)34-29(40-27)22-11-13-31-26(18-22)30(39)37-16-14-36(15-17-37)28(21-6-3-2-4-7-21)24-8-5-12-32-35-24/h2-13,18-19,28H,14-17H2,1H3,(H,33,38). The Bertz CT molecular complexity index is 1610. The van der Waals surface area contributed by atoms with E-state index in [0.717, 1.165) is 11.3 Å².